The van der Waals surface area contributed by atoms with Crippen molar-refractivity contribution in [2.24, 2.45) is 5.92 Å². The molecule has 4 aliphatic rings. The second-order valence-corrected chi connectivity index (χ2v) is 12.1. The van der Waals surface area contributed by atoms with Crippen LogP contribution in [0.4, 0.5) is 18.9 Å². The highest BCUT2D eigenvalue weighted by Gasteiger charge is 2.36. The SMILES string of the molecule is Cc1cc(C(=O)N2Cc3ccc(C(=O)N[C@H]4CN5CCC4CC5)n3Cc3ccccc32)ccc1-c1ccccc1C(F)(F)F. The van der Waals surface area contributed by atoms with Gasteiger partial charge in [0.15, 0.2) is 0 Å². The van der Waals surface area contributed by atoms with Crippen LogP contribution in [-0.2, 0) is 19.3 Å². The van der Waals surface area contributed by atoms with Gasteiger partial charge >= 0.3 is 6.18 Å². The average Bonchev–Trinajstić information content (AvgIpc) is 3.34. The lowest BCUT2D eigenvalue weighted by molar-refractivity contribution is -0.137. The minimum Gasteiger partial charge on any atom is -0.346 e. The maximum atomic E-state index is 14.1. The number of carbonyl (C=O) groups is 2. The van der Waals surface area contributed by atoms with Gasteiger partial charge in [-0.2, -0.15) is 13.2 Å². The van der Waals surface area contributed by atoms with Crippen molar-refractivity contribution in [3.05, 3.63) is 113 Å². The van der Waals surface area contributed by atoms with Gasteiger partial charge in [-0.1, -0.05) is 42.5 Å². The number of anilines is 1. The zero-order valence-electron chi connectivity index (χ0n) is 24.4. The summed E-state index contributed by atoms with van der Waals surface area (Å²) in [6.07, 6.45) is -2.28. The van der Waals surface area contributed by atoms with Gasteiger partial charge in [0.05, 0.1) is 18.7 Å². The molecule has 3 aromatic carbocycles. The van der Waals surface area contributed by atoms with Crippen LogP contribution in [0.2, 0.25) is 0 Å². The van der Waals surface area contributed by atoms with Gasteiger partial charge in [-0.25, -0.2) is 0 Å². The topological polar surface area (TPSA) is 57.6 Å². The molecule has 0 aliphatic carbocycles. The Balaban J connectivity index is 1.18. The molecular weight excluding hydrogens is 565 g/mol. The summed E-state index contributed by atoms with van der Waals surface area (Å²) in [6.45, 7) is 5.50. The van der Waals surface area contributed by atoms with Gasteiger partial charge in [0.25, 0.3) is 11.8 Å². The summed E-state index contributed by atoms with van der Waals surface area (Å²) < 4.78 is 43.2. The van der Waals surface area contributed by atoms with Crippen molar-refractivity contribution >= 4 is 17.5 Å². The maximum absolute atomic E-state index is 14.1. The summed E-state index contributed by atoms with van der Waals surface area (Å²) >= 11 is 0. The first-order valence-corrected chi connectivity index (χ1v) is 15.1. The molecule has 6 nitrogen and oxygen atoms in total. The fourth-order valence-electron chi connectivity index (χ4n) is 7.13. The van der Waals surface area contributed by atoms with Gasteiger partial charge in [0.1, 0.15) is 5.69 Å². The van der Waals surface area contributed by atoms with E-state index in [-0.39, 0.29) is 30.0 Å². The van der Waals surface area contributed by atoms with E-state index in [0.717, 1.165) is 55.5 Å². The molecule has 1 aromatic heterocycles. The smallest absolute Gasteiger partial charge is 0.346 e. The summed E-state index contributed by atoms with van der Waals surface area (Å²) in [7, 11) is 0. The van der Waals surface area contributed by atoms with E-state index in [4.69, 9.17) is 0 Å². The molecule has 4 aromatic rings. The molecule has 0 unspecified atom stereocenters. The van der Waals surface area contributed by atoms with E-state index in [1.807, 2.05) is 41.0 Å². The Morgan fingerprint density at radius 3 is 2.34 bits per heavy atom. The highest BCUT2D eigenvalue weighted by atomic mass is 19.4. The average molecular weight is 599 g/mol. The standard InChI is InChI=1S/C35H33F3N4O2/c1-22-18-24(10-12-27(22)28-7-3-4-8-29(28)35(36,37)38)34(44)42-20-26-11-13-32(41(26)19-25-6-2-5-9-31(25)42)33(43)39-30-21-40-16-14-23(30)15-17-40/h2-13,18,23,30H,14-17,19-21H2,1H3,(H,39,43)/t30-/m0/s1. The first-order valence-electron chi connectivity index (χ1n) is 15.1. The van der Waals surface area contributed by atoms with Crippen LogP contribution in [0.15, 0.2) is 78.9 Å². The Morgan fingerprint density at radius 2 is 1.61 bits per heavy atom. The fourth-order valence-corrected chi connectivity index (χ4v) is 7.13. The number of benzene rings is 3. The van der Waals surface area contributed by atoms with Crippen LogP contribution in [0.5, 0.6) is 0 Å². The van der Waals surface area contributed by atoms with Crippen LogP contribution in [0.3, 0.4) is 0 Å². The number of nitrogens with one attached hydrogen (secondary N) is 1. The van der Waals surface area contributed by atoms with E-state index in [1.54, 1.807) is 36.1 Å². The molecule has 0 radical (unpaired) electrons. The number of hydrogen-bond donors (Lipinski definition) is 1. The maximum Gasteiger partial charge on any atom is 0.417 e. The molecule has 2 amide bonds. The number of rotatable bonds is 4. The first-order chi connectivity index (χ1) is 21.2. The van der Waals surface area contributed by atoms with Crippen molar-refractivity contribution in [1.82, 2.24) is 14.8 Å². The second-order valence-electron chi connectivity index (χ2n) is 12.1. The zero-order chi connectivity index (χ0) is 30.6. The van der Waals surface area contributed by atoms with E-state index in [2.05, 4.69) is 10.2 Å². The van der Waals surface area contributed by atoms with Gasteiger partial charge in [-0.05, 0) is 97.4 Å². The van der Waals surface area contributed by atoms with Crippen LogP contribution in [0, 0.1) is 12.8 Å². The number of halogens is 3. The minimum absolute atomic E-state index is 0.0819. The monoisotopic (exact) mass is 598 g/mol. The largest absolute Gasteiger partial charge is 0.417 e. The van der Waals surface area contributed by atoms with E-state index in [9.17, 15) is 22.8 Å². The van der Waals surface area contributed by atoms with Gasteiger partial charge < -0.3 is 19.7 Å². The highest BCUT2D eigenvalue weighted by Crippen LogP contribution is 2.39. The molecule has 226 valence electrons. The van der Waals surface area contributed by atoms with E-state index in [1.165, 1.54) is 12.1 Å². The van der Waals surface area contributed by atoms with Crippen molar-refractivity contribution in [1.29, 1.82) is 0 Å². The number of amides is 2. The Kier molecular flexibility index (Phi) is 7.08. The van der Waals surface area contributed by atoms with Crippen molar-refractivity contribution in [2.75, 3.05) is 24.5 Å². The molecule has 3 fully saturated rings. The van der Waals surface area contributed by atoms with Crippen LogP contribution >= 0.6 is 0 Å². The molecule has 5 heterocycles. The van der Waals surface area contributed by atoms with Crippen LogP contribution in [-0.4, -0.2) is 47.0 Å². The fraction of sp³-hybridized carbons (Fsp3) is 0.314. The molecule has 1 atom stereocenters. The number of hydrogen-bond acceptors (Lipinski definition) is 3. The molecule has 9 heteroatoms. The van der Waals surface area contributed by atoms with Crippen LogP contribution in [0.1, 0.15) is 56.1 Å². The molecule has 8 rings (SSSR count). The lowest BCUT2D eigenvalue weighted by atomic mass is 9.84. The van der Waals surface area contributed by atoms with Gasteiger partial charge in [0, 0.05) is 29.5 Å². The Hall–Kier alpha value is -4.37. The van der Waals surface area contributed by atoms with Crippen molar-refractivity contribution < 1.29 is 22.8 Å². The number of para-hydroxylation sites is 1. The van der Waals surface area contributed by atoms with Gasteiger partial charge in [-0.15, -0.1) is 0 Å². The third kappa shape index (κ3) is 5.09. The number of alkyl halides is 3. The third-order valence-corrected chi connectivity index (χ3v) is 9.45. The quantitative estimate of drug-likeness (QED) is 0.291. The molecule has 4 aliphatic heterocycles. The third-order valence-electron chi connectivity index (χ3n) is 9.45. The van der Waals surface area contributed by atoms with Crippen molar-refractivity contribution in [3.8, 4) is 11.1 Å². The van der Waals surface area contributed by atoms with Crippen LogP contribution < -0.4 is 10.2 Å². The predicted molar refractivity (Wildman–Crippen MR) is 163 cm³/mol. The Bertz CT molecular complexity index is 1750. The van der Waals surface area contributed by atoms with Crippen LogP contribution in [0.25, 0.3) is 11.1 Å². The number of carbonyl (C=O) groups excluding carboxylic acids is 2. The van der Waals surface area contributed by atoms with E-state index < -0.39 is 11.7 Å². The summed E-state index contributed by atoms with van der Waals surface area (Å²) in [5, 5.41) is 3.29. The summed E-state index contributed by atoms with van der Waals surface area (Å²) in [5.74, 6) is 0.148. The Morgan fingerprint density at radius 1 is 0.864 bits per heavy atom. The highest BCUT2D eigenvalue weighted by molar-refractivity contribution is 6.07. The first kappa shape index (κ1) is 28.4. The molecule has 1 N–H and O–H groups in total. The van der Waals surface area contributed by atoms with Gasteiger partial charge in [-0.3, -0.25) is 9.59 Å². The lowest BCUT2D eigenvalue weighted by Crippen LogP contribution is -2.57. The minimum atomic E-state index is -4.49. The number of piperidine rings is 3. The summed E-state index contributed by atoms with van der Waals surface area (Å²) in [5.41, 5.74) is 3.81. The Labute approximate surface area is 254 Å². The molecule has 0 saturated carbocycles. The second kappa shape index (κ2) is 11.0. The van der Waals surface area contributed by atoms with E-state index in [0.29, 0.717) is 34.8 Å². The number of nitrogens with zero attached hydrogens (tertiary/aromatic N) is 3. The molecule has 0 spiro atoms. The summed E-state index contributed by atoms with van der Waals surface area (Å²) in [6, 6.07) is 21.9. The number of aromatic nitrogens is 1. The molecule has 3 saturated heterocycles. The lowest BCUT2D eigenvalue weighted by Gasteiger charge is -2.44. The van der Waals surface area contributed by atoms with Crippen molar-refractivity contribution in [2.45, 2.75) is 45.1 Å². The zero-order valence-corrected chi connectivity index (χ0v) is 24.4. The number of fused-ring (bicyclic) bond motifs is 5. The van der Waals surface area contributed by atoms with Crippen molar-refractivity contribution in [3.63, 3.8) is 0 Å². The molecular formula is C35H33F3N4O2. The van der Waals surface area contributed by atoms with E-state index >= 15 is 0 Å². The molecule has 2 bridgehead atoms. The normalized spacial score (nSPS) is 20.9. The number of aryl methyl sites for hydroxylation is 1. The predicted octanol–water partition coefficient (Wildman–Crippen LogP) is 6.52. The molecule has 44 heavy (non-hydrogen) atoms. The summed E-state index contributed by atoms with van der Waals surface area (Å²) in [4.78, 5) is 31.7. The van der Waals surface area contributed by atoms with Gasteiger partial charge in [0.2, 0.25) is 0 Å².